The molecule has 1 heterocycles. The zero-order valence-electron chi connectivity index (χ0n) is 9.58. The third kappa shape index (κ3) is 3.06. The number of nitrogens with one attached hydrogen (secondary N) is 2. The summed E-state index contributed by atoms with van der Waals surface area (Å²) in [5, 5.41) is 10.5. The number of nitrogens with zero attached hydrogens (tertiary/aromatic N) is 1. The van der Waals surface area contributed by atoms with Crippen LogP contribution in [0.15, 0.2) is 40.1 Å². The molecule has 0 bridgehead atoms. The second kappa shape index (κ2) is 5.17. The molecule has 8 heteroatoms. The maximum Gasteiger partial charge on any atom is 0.325 e. The molecule has 1 aromatic heterocycles. The van der Waals surface area contributed by atoms with Gasteiger partial charge >= 0.3 is 5.69 Å². The Morgan fingerprint density at radius 1 is 1.21 bits per heavy atom. The van der Waals surface area contributed by atoms with E-state index in [0.29, 0.717) is 5.75 Å². The van der Waals surface area contributed by atoms with Gasteiger partial charge in [-0.15, -0.1) is 0 Å². The normalized spacial score (nSPS) is 10.1. The fraction of sp³-hybridized carbons (Fsp3) is 0.0909. The minimum absolute atomic E-state index is 0.0470. The molecule has 0 aliphatic heterocycles. The summed E-state index contributed by atoms with van der Waals surface area (Å²) in [7, 11) is 0. The predicted molar refractivity (Wildman–Crippen MR) is 65.1 cm³/mol. The molecule has 2 N–H and O–H groups in total. The summed E-state index contributed by atoms with van der Waals surface area (Å²) >= 11 is 0. The van der Waals surface area contributed by atoms with Crippen LogP contribution < -0.4 is 16.0 Å². The summed E-state index contributed by atoms with van der Waals surface area (Å²) in [5.74, 6) is 0.385. The van der Waals surface area contributed by atoms with Gasteiger partial charge in [0, 0.05) is 18.3 Å². The molecule has 0 saturated carbocycles. The topological polar surface area (TPSA) is 118 Å². The van der Waals surface area contributed by atoms with Crippen molar-refractivity contribution in [1.82, 2.24) is 9.97 Å². The van der Waals surface area contributed by atoms with E-state index in [1.165, 1.54) is 30.5 Å². The molecule has 0 saturated heterocycles. The highest BCUT2D eigenvalue weighted by atomic mass is 16.6. The van der Waals surface area contributed by atoms with Gasteiger partial charge in [-0.25, -0.2) is 4.79 Å². The smallest absolute Gasteiger partial charge is 0.325 e. The molecule has 1 aromatic carbocycles. The van der Waals surface area contributed by atoms with Gasteiger partial charge in [-0.2, -0.15) is 0 Å². The van der Waals surface area contributed by atoms with Gasteiger partial charge in [-0.05, 0) is 12.1 Å². The van der Waals surface area contributed by atoms with E-state index in [2.05, 4.69) is 9.97 Å². The molecule has 0 aliphatic rings. The van der Waals surface area contributed by atoms with Crippen LogP contribution in [0.25, 0.3) is 0 Å². The maximum absolute atomic E-state index is 11.4. The van der Waals surface area contributed by atoms with Gasteiger partial charge in [-0.3, -0.25) is 19.9 Å². The van der Waals surface area contributed by atoms with Crippen molar-refractivity contribution in [3.8, 4) is 5.75 Å². The van der Waals surface area contributed by atoms with Crippen molar-refractivity contribution in [3.63, 3.8) is 0 Å². The van der Waals surface area contributed by atoms with Crippen molar-refractivity contribution < 1.29 is 9.66 Å². The van der Waals surface area contributed by atoms with Gasteiger partial charge < -0.3 is 9.72 Å². The Morgan fingerprint density at radius 2 is 1.89 bits per heavy atom. The summed E-state index contributed by atoms with van der Waals surface area (Å²) in [6, 6.07) is 5.45. The summed E-state index contributed by atoms with van der Waals surface area (Å²) in [4.78, 5) is 36.5. The van der Waals surface area contributed by atoms with E-state index in [1.807, 2.05) is 0 Å². The van der Waals surface area contributed by atoms with Crippen LogP contribution in [0.1, 0.15) is 5.56 Å². The van der Waals surface area contributed by atoms with Crippen LogP contribution in [0.5, 0.6) is 5.75 Å². The molecule has 0 spiro atoms. The Morgan fingerprint density at radius 3 is 2.47 bits per heavy atom. The molecule has 0 atom stereocenters. The first-order valence-electron chi connectivity index (χ1n) is 5.24. The van der Waals surface area contributed by atoms with E-state index in [4.69, 9.17) is 4.74 Å². The minimum Gasteiger partial charge on any atom is -0.489 e. The van der Waals surface area contributed by atoms with Gasteiger partial charge in [-0.1, -0.05) is 0 Å². The highest BCUT2D eigenvalue weighted by Crippen LogP contribution is 2.17. The lowest BCUT2D eigenvalue weighted by Crippen LogP contribution is -2.25. The standard InChI is InChI=1S/C11H9N3O5/c15-10-7(5-12-11(16)13-10)6-19-9-3-1-8(2-4-9)14(17)18/h1-5H,6H2,(H2,12,13,15,16). The molecule has 98 valence electrons. The molecule has 8 nitrogen and oxygen atoms in total. The summed E-state index contributed by atoms with van der Waals surface area (Å²) in [6.45, 7) is -0.0517. The lowest BCUT2D eigenvalue weighted by molar-refractivity contribution is -0.384. The van der Waals surface area contributed by atoms with Crippen molar-refractivity contribution in [1.29, 1.82) is 0 Å². The molecular formula is C11H9N3O5. The van der Waals surface area contributed by atoms with E-state index in [9.17, 15) is 19.7 Å². The number of aromatic nitrogens is 2. The fourth-order valence-electron chi connectivity index (χ4n) is 1.37. The van der Waals surface area contributed by atoms with Crippen LogP contribution in [-0.2, 0) is 6.61 Å². The molecule has 0 amide bonds. The first kappa shape index (κ1) is 12.6. The lowest BCUT2D eigenvalue weighted by atomic mass is 10.3. The maximum atomic E-state index is 11.4. The molecule has 0 fully saturated rings. The first-order valence-corrected chi connectivity index (χ1v) is 5.24. The van der Waals surface area contributed by atoms with Crippen molar-refractivity contribution in [2.75, 3.05) is 0 Å². The number of H-pyrrole nitrogens is 2. The number of hydrogen-bond acceptors (Lipinski definition) is 5. The van der Waals surface area contributed by atoms with Crippen molar-refractivity contribution in [3.05, 3.63) is 67.0 Å². The number of nitro benzene ring substituents is 1. The number of ether oxygens (including phenoxy) is 1. The zero-order valence-corrected chi connectivity index (χ0v) is 9.58. The highest BCUT2D eigenvalue weighted by molar-refractivity contribution is 5.36. The number of hydrogen-bond donors (Lipinski definition) is 2. The third-order valence-electron chi connectivity index (χ3n) is 2.34. The first-order chi connectivity index (χ1) is 9.06. The van der Waals surface area contributed by atoms with E-state index in [-0.39, 0.29) is 17.9 Å². The zero-order chi connectivity index (χ0) is 13.8. The average molecular weight is 263 g/mol. The van der Waals surface area contributed by atoms with Crippen molar-refractivity contribution in [2.45, 2.75) is 6.61 Å². The molecular weight excluding hydrogens is 254 g/mol. The van der Waals surface area contributed by atoms with Crippen LogP contribution in [0.3, 0.4) is 0 Å². The van der Waals surface area contributed by atoms with Gasteiger partial charge in [0.2, 0.25) is 0 Å². The SMILES string of the molecule is O=c1[nH]cc(COc2ccc([N+](=O)[O-])cc2)c(=O)[nH]1. The minimum atomic E-state index is -0.593. The Hall–Kier alpha value is -2.90. The molecule has 0 radical (unpaired) electrons. The number of rotatable bonds is 4. The number of non-ortho nitro benzene ring substituents is 1. The monoisotopic (exact) mass is 263 g/mol. The Bertz CT molecular complexity index is 701. The molecule has 0 unspecified atom stereocenters. The van der Waals surface area contributed by atoms with Crippen molar-refractivity contribution in [2.24, 2.45) is 0 Å². The van der Waals surface area contributed by atoms with E-state index in [0.717, 1.165) is 0 Å². The van der Waals surface area contributed by atoms with Gasteiger partial charge in [0.1, 0.15) is 12.4 Å². The Balaban J connectivity index is 2.08. The number of nitro groups is 1. The van der Waals surface area contributed by atoms with Crippen LogP contribution >= 0.6 is 0 Å². The van der Waals surface area contributed by atoms with E-state index in [1.54, 1.807) is 0 Å². The van der Waals surface area contributed by atoms with Gasteiger partial charge in [0.25, 0.3) is 11.2 Å². The Kier molecular flexibility index (Phi) is 3.42. The van der Waals surface area contributed by atoms with Crippen LogP contribution in [-0.4, -0.2) is 14.9 Å². The average Bonchev–Trinajstić information content (AvgIpc) is 2.38. The fourth-order valence-corrected chi connectivity index (χ4v) is 1.37. The largest absolute Gasteiger partial charge is 0.489 e. The molecule has 2 rings (SSSR count). The van der Waals surface area contributed by atoms with Crippen LogP contribution in [0.2, 0.25) is 0 Å². The molecule has 2 aromatic rings. The number of aromatic amines is 2. The van der Waals surface area contributed by atoms with E-state index < -0.39 is 16.2 Å². The second-order valence-corrected chi connectivity index (χ2v) is 3.64. The quantitative estimate of drug-likeness (QED) is 0.616. The van der Waals surface area contributed by atoms with Crippen molar-refractivity contribution >= 4 is 5.69 Å². The summed E-state index contributed by atoms with van der Waals surface area (Å²) in [5.41, 5.74) is -0.929. The lowest BCUT2D eigenvalue weighted by Gasteiger charge is -2.04. The second-order valence-electron chi connectivity index (χ2n) is 3.64. The van der Waals surface area contributed by atoms with E-state index >= 15 is 0 Å². The summed E-state index contributed by atoms with van der Waals surface area (Å²) < 4.78 is 5.28. The van der Waals surface area contributed by atoms with Crippen LogP contribution in [0.4, 0.5) is 5.69 Å². The molecule has 0 aliphatic carbocycles. The molecule has 19 heavy (non-hydrogen) atoms. The Labute approximate surface area is 105 Å². The third-order valence-corrected chi connectivity index (χ3v) is 2.34. The van der Waals surface area contributed by atoms with Gasteiger partial charge in [0.15, 0.2) is 0 Å². The highest BCUT2D eigenvalue weighted by Gasteiger charge is 2.05. The number of benzene rings is 1. The predicted octanol–water partition coefficient (Wildman–Crippen LogP) is 0.550. The summed E-state index contributed by atoms with van der Waals surface area (Å²) in [6.07, 6.45) is 1.26. The van der Waals surface area contributed by atoms with Crippen LogP contribution in [0, 0.1) is 10.1 Å². The van der Waals surface area contributed by atoms with Gasteiger partial charge in [0.05, 0.1) is 10.5 Å².